The lowest BCUT2D eigenvalue weighted by Crippen LogP contribution is -2.19. The maximum absolute atomic E-state index is 6.11. The molecule has 1 aromatic rings. The molecular formula is C13H18ClNO. The molecule has 0 aromatic heterocycles. The van der Waals surface area contributed by atoms with E-state index in [1.165, 1.54) is 0 Å². The van der Waals surface area contributed by atoms with Gasteiger partial charge in [-0.25, -0.2) is 0 Å². The average molecular weight is 240 g/mol. The summed E-state index contributed by atoms with van der Waals surface area (Å²) in [5.41, 5.74) is 8.00. The zero-order chi connectivity index (χ0) is 11.7. The van der Waals surface area contributed by atoms with Crippen LogP contribution in [0.15, 0.2) is 12.1 Å². The van der Waals surface area contributed by atoms with Gasteiger partial charge in [0, 0.05) is 11.1 Å². The molecular weight excluding hydrogens is 222 g/mol. The van der Waals surface area contributed by atoms with Crippen molar-refractivity contribution in [3.8, 4) is 5.75 Å². The van der Waals surface area contributed by atoms with Crippen LogP contribution in [0.25, 0.3) is 0 Å². The molecule has 3 heteroatoms. The molecule has 1 aromatic carbocycles. The van der Waals surface area contributed by atoms with Crippen LogP contribution in [-0.2, 0) is 0 Å². The molecule has 1 aliphatic rings. The Labute approximate surface area is 102 Å². The minimum atomic E-state index is 0.273. The summed E-state index contributed by atoms with van der Waals surface area (Å²) in [6.07, 6.45) is 3.36. The molecule has 1 fully saturated rings. The molecule has 88 valence electrons. The molecule has 0 heterocycles. The molecule has 2 N–H and O–H groups in total. The van der Waals surface area contributed by atoms with Gasteiger partial charge in [-0.2, -0.15) is 0 Å². The van der Waals surface area contributed by atoms with Crippen LogP contribution in [0.2, 0.25) is 5.02 Å². The number of hydrogen-bond acceptors (Lipinski definition) is 2. The van der Waals surface area contributed by atoms with E-state index in [1.807, 2.05) is 26.0 Å². The highest BCUT2D eigenvalue weighted by Gasteiger charge is 2.23. The molecule has 0 aliphatic heterocycles. The van der Waals surface area contributed by atoms with Crippen molar-refractivity contribution in [3.05, 3.63) is 28.3 Å². The maximum Gasteiger partial charge on any atom is 0.120 e. The van der Waals surface area contributed by atoms with E-state index in [1.54, 1.807) is 0 Å². The Morgan fingerprint density at radius 1 is 1.25 bits per heavy atom. The molecule has 2 rings (SSSR count). The minimum Gasteiger partial charge on any atom is -0.490 e. The summed E-state index contributed by atoms with van der Waals surface area (Å²) in [4.78, 5) is 0. The van der Waals surface area contributed by atoms with Gasteiger partial charge in [0.15, 0.2) is 0 Å². The lowest BCUT2D eigenvalue weighted by molar-refractivity contribution is 0.208. The first-order valence-electron chi connectivity index (χ1n) is 5.75. The van der Waals surface area contributed by atoms with Gasteiger partial charge < -0.3 is 10.5 Å². The second-order valence-corrected chi connectivity index (χ2v) is 5.06. The van der Waals surface area contributed by atoms with Crippen molar-refractivity contribution in [1.29, 1.82) is 0 Å². The van der Waals surface area contributed by atoms with Crippen LogP contribution in [-0.4, -0.2) is 12.1 Å². The number of rotatable bonds is 2. The van der Waals surface area contributed by atoms with E-state index in [-0.39, 0.29) is 6.10 Å². The summed E-state index contributed by atoms with van der Waals surface area (Å²) in [5.74, 6) is 0.915. The molecule has 0 bridgehead atoms. The minimum absolute atomic E-state index is 0.273. The van der Waals surface area contributed by atoms with Crippen LogP contribution in [0.3, 0.4) is 0 Å². The first-order chi connectivity index (χ1) is 7.56. The molecule has 2 atom stereocenters. The van der Waals surface area contributed by atoms with Crippen molar-refractivity contribution in [2.75, 3.05) is 0 Å². The van der Waals surface area contributed by atoms with Gasteiger partial charge in [-0.3, -0.25) is 0 Å². The van der Waals surface area contributed by atoms with Crippen LogP contribution in [0.1, 0.15) is 30.4 Å². The second kappa shape index (κ2) is 4.64. The monoisotopic (exact) mass is 239 g/mol. The van der Waals surface area contributed by atoms with Crippen LogP contribution >= 0.6 is 11.6 Å². The molecule has 1 saturated carbocycles. The summed E-state index contributed by atoms with van der Waals surface area (Å²) >= 11 is 6.11. The Morgan fingerprint density at radius 2 is 1.88 bits per heavy atom. The van der Waals surface area contributed by atoms with Gasteiger partial charge in [-0.15, -0.1) is 0 Å². The SMILES string of the molecule is Cc1cc(OC2CCC(N)C2)cc(C)c1Cl. The number of benzene rings is 1. The van der Waals surface area contributed by atoms with Gasteiger partial charge in [-0.05, 0) is 56.4 Å². The van der Waals surface area contributed by atoms with Gasteiger partial charge in [0.1, 0.15) is 11.9 Å². The zero-order valence-electron chi connectivity index (χ0n) is 9.79. The van der Waals surface area contributed by atoms with E-state index in [0.29, 0.717) is 6.04 Å². The third-order valence-electron chi connectivity index (χ3n) is 3.14. The van der Waals surface area contributed by atoms with Crippen LogP contribution in [0.5, 0.6) is 5.75 Å². The largest absolute Gasteiger partial charge is 0.490 e. The molecule has 1 aliphatic carbocycles. The van der Waals surface area contributed by atoms with E-state index in [4.69, 9.17) is 22.1 Å². The average Bonchev–Trinajstić information content (AvgIpc) is 2.60. The van der Waals surface area contributed by atoms with Gasteiger partial charge >= 0.3 is 0 Å². The Hall–Kier alpha value is -0.730. The molecule has 0 amide bonds. The summed E-state index contributed by atoms with van der Waals surface area (Å²) in [5, 5.41) is 0.829. The van der Waals surface area contributed by atoms with Crippen molar-refractivity contribution in [1.82, 2.24) is 0 Å². The zero-order valence-corrected chi connectivity index (χ0v) is 10.6. The Balaban J connectivity index is 2.10. The summed E-state index contributed by atoms with van der Waals surface area (Å²) in [7, 11) is 0. The molecule has 2 nitrogen and oxygen atoms in total. The van der Waals surface area contributed by atoms with Crippen molar-refractivity contribution >= 4 is 11.6 Å². The molecule has 0 radical (unpaired) electrons. The maximum atomic E-state index is 6.11. The van der Waals surface area contributed by atoms with Gasteiger partial charge in [0.05, 0.1) is 0 Å². The molecule has 0 saturated heterocycles. The van der Waals surface area contributed by atoms with Gasteiger partial charge in [0.2, 0.25) is 0 Å². The first-order valence-corrected chi connectivity index (χ1v) is 6.13. The quantitative estimate of drug-likeness (QED) is 0.860. The molecule has 0 spiro atoms. The van der Waals surface area contributed by atoms with E-state index in [2.05, 4.69) is 0 Å². The lowest BCUT2D eigenvalue weighted by atomic mass is 10.1. The highest BCUT2D eigenvalue weighted by atomic mass is 35.5. The highest BCUT2D eigenvalue weighted by molar-refractivity contribution is 6.32. The molecule has 16 heavy (non-hydrogen) atoms. The van der Waals surface area contributed by atoms with E-state index in [9.17, 15) is 0 Å². The topological polar surface area (TPSA) is 35.2 Å². The standard InChI is InChI=1S/C13H18ClNO/c1-8-5-12(6-9(2)13(8)14)16-11-4-3-10(15)7-11/h5-6,10-11H,3-4,7,15H2,1-2H3. The number of ether oxygens (including phenoxy) is 1. The summed E-state index contributed by atoms with van der Waals surface area (Å²) in [6.45, 7) is 4.01. The van der Waals surface area contributed by atoms with Crippen molar-refractivity contribution in [2.45, 2.75) is 45.3 Å². The molecule has 2 unspecified atom stereocenters. The van der Waals surface area contributed by atoms with E-state index in [0.717, 1.165) is 41.2 Å². The van der Waals surface area contributed by atoms with Crippen molar-refractivity contribution in [3.63, 3.8) is 0 Å². The predicted octanol–water partition coefficient (Wildman–Crippen LogP) is 3.22. The van der Waals surface area contributed by atoms with Crippen molar-refractivity contribution in [2.24, 2.45) is 5.73 Å². The number of halogens is 1. The van der Waals surface area contributed by atoms with Crippen LogP contribution in [0.4, 0.5) is 0 Å². The van der Waals surface area contributed by atoms with Crippen LogP contribution < -0.4 is 10.5 Å². The summed E-state index contributed by atoms with van der Waals surface area (Å²) in [6, 6.07) is 4.30. The predicted molar refractivity (Wildman–Crippen MR) is 67.2 cm³/mol. The Kier molecular flexibility index (Phi) is 3.41. The fourth-order valence-electron chi connectivity index (χ4n) is 2.25. The summed E-state index contributed by atoms with van der Waals surface area (Å²) < 4.78 is 5.92. The smallest absolute Gasteiger partial charge is 0.120 e. The van der Waals surface area contributed by atoms with E-state index < -0.39 is 0 Å². The fraction of sp³-hybridized carbons (Fsp3) is 0.538. The Morgan fingerprint density at radius 3 is 2.38 bits per heavy atom. The van der Waals surface area contributed by atoms with Crippen molar-refractivity contribution < 1.29 is 4.74 Å². The van der Waals surface area contributed by atoms with Crippen LogP contribution in [0, 0.1) is 13.8 Å². The number of nitrogens with two attached hydrogens (primary N) is 1. The lowest BCUT2D eigenvalue weighted by Gasteiger charge is -2.15. The third kappa shape index (κ3) is 2.50. The van der Waals surface area contributed by atoms with Gasteiger partial charge in [0.25, 0.3) is 0 Å². The normalized spacial score (nSPS) is 24.8. The van der Waals surface area contributed by atoms with E-state index >= 15 is 0 Å². The second-order valence-electron chi connectivity index (χ2n) is 4.68. The third-order valence-corrected chi connectivity index (χ3v) is 3.73. The van der Waals surface area contributed by atoms with Gasteiger partial charge in [-0.1, -0.05) is 11.6 Å². The number of hydrogen-bond donors (Lipinski definition) is 1. The Bertz CT molecular complexity index is 369. The highest BCUT2D eigenvalue weighted by Crippen LogP contribution is 2.29. The first kappa shape index (κ1) is 11.7. The fourth-order valence-corrected chi connectivity index (χ4v) is 2.36. The number of aryl methyl sites for hydroxylation is 2.